The lowest BCUT2D eigenvalue weighted by molar-refractivity contribution is -0.149. The Morgan fingerprint density at radius 1 is 0.944 bits per heavy atom. The highest BCUT2D eigenvalue weighted by molar-refractivity contribution is 7.13. The van der Waals surface area contributed by atoms with Gasteiger partial charge in [-0.05, 0) is 107 Å². The zero-order valence-corrected chi connectivity index (χ0v) is 41.2. The number of likely N-dealkylation sites (tertiary alicyclic amines) is 1. The molecule has 384 valence electrons. The highest BCUT2D eigenvalue weighted by Gasteiger charge is 2.53. The summed E-state index contributed by atoms with van der Waals surface area (Å²) in [5.41, 5.74) is 1.40. The Bertz CT molecular complexity index is 2620. The quantitative estimate of drug-likeness (QED) is 0.0554. The first-order chi connectivity index (χ1) is 34.4. The fourth-order valence-corrected chi connectivity index (χ4v) is 9.59. The van der Waals surface area contributed by atoms with E-state index in [0.717, 1.165) is 53.1 Å². The van der Waals surface area contributed by atoms with Crippen LogP contribution in [0.15, 0.2) is 72.2 Å². The van der Waals surface area contributed by atoms with Crippen molar-refractivity contribution in [3.8, 4) is 22.3 Å². The number of urea groups is 1. The Balaban J connectivity index is 0.770. The van der Waals surface area contributed by atoms with Crippen LogP contribution in [0.3, 0.4) is 0 Å². The minimum Gasteiger partial charge on any atom is -0.494 e. The van der Waals surface area contributed by atoms with Gasteiger partial charge in [-0.15, -0.1) is 11.3 Å². The summed E-state index contributed by atoms with van der Waals surface area (Å²) in [5.74, 6) is -1.86. The normalized spacial score (nSPS) is 18.7. The van der Waals surface area contributed by atoms with E-state index in [1.165, 1.54) is 29.7 Å². The molecule has 6 amide bonds. The predicted octanol–water partition coefficient (Wildman–Crippen LogP) is 6.70. The molecule has 0 spiro atoms. The zero-order chi connectivity index (χ0) is 51.7. The molecule has 3 saturated heterocycles. The molecule has 3 N–H and O–H groups in total. The van der Waals surface area contributed by atoms with Crippen molar-refractivity contribution in [3.05, 3.63) is 94.6 Å². The van der Waals surface area contributed by atoms with Crippen molar-refractivity contribution in [2.75, 3.05) is 62.6 Å². The second kappa shape index (κ2) is 23.4. The fraction of sp³-hybridized carbons (Fsp3) is 0.471. The second-order valence-electron chi connectivity index (χ2n) is 18.4. The number of carbonyl (C=O) groups is 5. The molecule has 0 radical (unpaired) electrons. The maximum Gasteiger partial charge on any atom is 0.417 e. The van der Waals surface area contributed by atoms with Gasteiger partial charge in [-0.2, -0.15) is 18.4 Å². The summed E-state index contributed by atoms with van der Waals surface area (Å²) < 4.78 is 63.5. The fourth-order valence-electron chi connectivity index (χ4n) is 8.78. The van der Waals surface area contributed by atoms with Gasteiger partial charge in [0.25, 0.3) is 5.91 Å². The van der Waals surface area contributed by atoms with Crippen molar-refractivity contribution in [2.24, 2.45) is 5.92 Å². The van der Waals surface area contributed by atoms with Crippen LogP contribution >= 0.6 is 11.3 Å². The number of aliphatic hydroxyl groups excluding tert-OH is 1. The van der Waals surface area contributed by atoms with Crippen molar-refractivity contribution in [2.45, 2.75) is 95.7 Å². The number of aliphatic hydroxyl groups is 1. The lowest BCUT2D eigenvalue weighted by Crippen LogP contribution is -2.59. The molecule has 0 saturated carbocycles. The molecule has 72 heavy (non-hydrogen) atoms. The molecule has 3 aliphatic rings. The number of carbonyl (C=O) groups excluding carboxylic acids is 5. The number of anilines is 2. The topological polar surface area (TPSA) is 213 Å². The van der Waals surface area contributed by atoms with Crippen LogP contribution in [0.2, 0.25) is 0 Å². The number of amides is 6. The van der Waals surface area contributed by atoms with Crippen LogP contribution in [0.4, 0.5) is 29.3 Å². The minimum atomic E-state index is -4.87. The van der Waals surface area contributed by atoms with Gasteiger partial charge in [-0.1, -0.05) is 24.3 Å². The molecule has 3 aliphatic heterocycles. The number of aryl methyl sites for hydroxylation is 1. The van der Waals surface area contributed by atoms with Gasteiger partial charge in [0.05, 0.1) is 70.9 Å². The molecule has 17 nitrogen and oxygen atoms in total. The molecule has 3 aromatic carbocycles. The average Bonchev–Trinajstić information content (AvgIpc) is 4.00. The molecule has 4 aromatic rings. The number of ether oxygens (including phenoxy) is 4. The summed E-state index contributed by atoms with van der Waals surface area (Å²) in [5, 5.41) is 25.5. The monoisotopic (exact) mass is 1020 g/mol. The molecular formula is C51H58F3N7O10S. The van der Waals surface area contributed by atoms with Gasteiger partial charge in [-0.25, -0.2) is 14.7 Å². The first kappa shape index (κ1) is 53.4. The van der Waals surface area contributed by atoms with E-state index in [1.807, 2.05) is 38.1 Å². The number of hydrogen-bond donors (Lipinski definition) is 3. The Morgan fingerprint density at radius 3 is 2.28 bits per heavy atom. The van der Waals surface area contributed by atoms with Gasteiger partial charge in [0, 0.05) is 44.4 Å². The molecule has 4 heterocycles. The molecule has 7 rings (SSSR count). The van der Waals surface area contributed by atoms with Crippen LogP contribution in [-0.2, 0) is 39.6 Å². The summed E-state index contributed by atoms with van der Waals surface area (Å²) in [4.78, 5) is 76.1. The lowest BCUT2D eigenvalue weighted by Gasteiger charge is -2.36. The number of nitrogens with zero attached hydrogens (tertiary/aromatic N) is 5. The summed E-state index contributed by atoms with van der Waals surface area (Å²) >= 11 is 1.56. The second-order valence-corrected chi connectivity index (χ2v) is 19.3. The average molecular weight is 1020 g/mol. The number of rotatable bonds is 22. The third-order valence-electron chi connectivity index (χ3n) is 12.8. The molecule has 0 bridgehead atoms. The summed E-state index contributed by atoms with van der Waals surface area (Å²) in [7, 11) is 0. The van der Waals surface area contributed by atoms with Crippen LogP contribution < -0.4 is 25.2 Å². The maximum atomic E-state index is 14.0. The van der Waals surface area contributed by atoms with Crippen LogP contribution in [-0.4, -0.2) is 121 Å². The number of aromatic nitrogens is 1. The SMILES string of the molecule is Cc1ncsc1-c1ccc([C@H](C)NC(=O)[C@@H]2C[C@@H](O)CN2C(=O)[C@H](NC(=O)COCCCOCCCCCOc2ccc(N3C(=O)N(c4ccc(C#N)c(C(F)(F)F)c4)C(=O)C3(C)C)cc2)C2COC2)cc1. The first-order valence-corrected chi connectivity index (χ1v) is 24.6. The lowest BCUT2D eigenvalue weighted by atomic mass is 9.96. The maximum absolute atomic E-state index is 14.0. The number of alkyl halides is 3. The van der Waals surface area contributed by atoms with Gasteiger partial charge >= 0.3 is 12.2 Å². The summed E-state index contributed by atoms with van der Waals surface area (Å²) in [6, 6.07) is 15.4. The summed E-state index contributed by atoms with van der Waals surface area (Å²) in [6.45, 7) is 8.55. The molecule has 0 unspecified atom stereocenters. The first-order valence-electron chi connectivity index (χ1n) is 23.7. The standard InChI is InChI=1S/C51H58F3N7O10S/c1-31(33-9-11-34(12-10-33)45-32(2)56-30-72-45)57-46(64)42-24-39(62)26-59(42)47(65)44(36-27-70-28-36)58-43(63)29-69-21-8-20-68-19-6-5-7-22-71-40-17-15-37(16-18-40)61-49(67)60(48(66)50(61,3)4)38-14-13-35(25-55)41(23-38)51(52,53)54/h9-18,23,30-31,36,39,42,44,62H,5-8,19-22,24,26-29H2,1-4H3,(H,57,64)(H,58,63)/t31-,39+,42-,44+/m0/s1. The van der Waals surface area contributed by atoms with Crippen molar-refractivity contribution in [1.82, 2.24) is 20.5 Å². The van der Waals surface area contributed by atoms with Crippen molar-refractivity contribution < 1.29 is 61.2 Å². The van der Waals surface area contributed by atoms with Crippen LogP contribution in [0, 0.1) is 24.2 Å². The smallest absolute Gasteiger partial charge is 0.417 e. The van der Waals surface area contributed by atoms with Gasteiger partial charge in [0.2, 0.25) is 17.7 Å². The van der Waals surface area contributed by atoms with E-state index >= 15 is 0 Å². The number of β-amino-alcohol motifs (C(OH)–C–C–N with tert-alkyl or cyclic N) is 1. The van der Waals surface area contributed by atoms with Gasteiger partial charge in [0.15, 0.2) is 0 Å². The molecule has 1 aromatic heterocycles. The minimum absolute atomic E-state index is 0.0435. The Labute approximate surface area is 419 Å². The highest BCUT2D eigenvalue weighted by Crippen LogP contribution is 2.40. The highest BCUT2D eigenvalue weighted by atomic mass is 32.1. The van der Waals surface area contributed by atoms with Crippen molar-refractivity contribution >= 4 is 52.4 Å². The number of hydrogen-bond acceptors (Lipinski definition) is 13. The molecule has 21 heteroatoms. The number of nitrogens with one attached hydrogen (secondary N) is 2. The summed E-state index contributed by atoms with van der Waals surface area (Å²) in [6.07, 6.45) is -2.87. The van der Waals surface area contributed by atoms with Crippen LogP contribution in [0.25, 0.3) is 10.4 Å². The third-order valence-corrected chi connectivity index (χ3v) is 13.8. The van der Waals surface area contributed by atoms with E-state index in [-0.39, 0.29) is 57.0 Å². The number of imide groups is 1. The van der Waals surface area contributed by atoms with Gasteiger partial charge < -0.3 is 39.6 Å². The molecular weight excluding hydrogens is 960 g/mol. The zero-order valence-electron chi connectivity index (χ0n) is 40.4. The van der Waals surface area contributed by atoms with Crippen LogP contribution in [0.1, 0.15) is 81.3 Å². The third kappa shape index (κ3) is 12.4. The van der Waals surface area contributed by atoms with Gasteiger partial charge in [0.1, 0.15) is 30.0 Å². The number of thiazole rings is 1. The Morgan fingerprint density at radius 2 is 1.62 bits per heavy atom. The van der Waals surface area contributed by atoms with E-state index in [0.29, 0.717) is 48.6 Å². The van der Waals surface area contributed by atoms with E-state index in [9.17, 15) is 42.3 Å². The number of benzene rings is 3. The number of nitriles is 1. The van der Waals surface area contributed by atoms with E-state index in [2.05, 4.69) is 15.6 Å². The van der Waals surface area contributed by atoms with E-state index in [1.54, 1.807) is 41.1 Å². The van der Waals surface area contributed by atoms with E-state index < -0.39 is 70.7 Å². The largest absolute Gasteiger partial charge is 0.494 e. The van der Waals surface area contributed by atoms with Gasteiger partial charge in [-0.3, -0.25) is 24.1 Å². The van der Waals surface area contributed by atoms with Crippen LogP contribution in [0.5, 0.6) is 5.75 Å². The Hall–Kier alpha value is -6.44. The number of halogens is 3. The molecule has 0 aliphatic carbocycles. The van der Waals surface area contributed by atoms with Crippen molar-refractivity contribution in [1.29, 1.82) is 5.26 Å². The van der Waals surface area contributed by atoms with E-state index in [4.69, 9.17) is 24.2 Å². The number of unbranched alkanes of at least 4 members (excludes halogenated alkanes) is 2. The molecule has 4 atom stereocenters. The Kier molecular flexibility index (Phi) is 17.3. The molecule has 3 fully saturated rings. The van der Waals surface area contributed by atoms with Crippen molar-refractivity contribution in [3.63, 3.8) is 0 Å². The predicted molar refractivity (Wildman–Crippen MR) is 259 cm³/mol.